The van der Waals surface area contributed by atoms with Gasteiger partial charge in [-0.1, -0.05) is 32.0 Å². The van der Waals surface area contributed by atoms with Gasteiger partial charge in [-0.25, -0.2) is 4.79 Å². The van der Waals surface area contributed by atoms with E-state index in [1.807, 2.05) is 39.8 Å². The molecule has 0 spiro atoms. The van der Waals surface area contributed by atoms with Crippen LogP contribution >= 0.6 is 0 Å². The number of hydrogen-bond donors (Lipinski definition) is 0. The summed E-state index contributed by atoms with van der Waals surface area (Å²) >= 11 is 0. The molecule has 0 fully saturated rings. The van der Waals surface area contributed by atoms with Crippen LogP contribution in [0.2, 0.25) is 0 Å². The lowest BCUT2D eigenvalue weighted by Gasteiger charge is -2.14. The van der Waals surface area contributed by atoms with Crippen LogP contribution < -0.4 is 0 Å². The van der Waals surface area contributed by atoms with E-state index in [-0.39, 0.29) is 12.4 Å². The van der Waals surface area contributed by atoms with E-state index in [2.05, 4.69) is 19.9 Å². The summed E-state index contributed by atoms with van der Waals surface area (Å²) in [6, 6.07) is 9.51. The van der Waals surface area contributed by atoms with E-state index in [0.717, 1.165) is 28.7 Å². The lowest BCUT2D eigenvalue weighted by Crippen LogP contribution is -2.17. The molecule has 0 aromatic heterocycles. The third-order valence-corrected chi connectivity index (χ3v) is 5.31. The number of carbonyl (C=O) groups is 2. The molecule has 138 valence electrons. The molecule has 2 rings (SSSR count). The molecule has 0 aliphatic heterocycles. The van der Waals surface area contributed by atoms with Crippen LogP contribution in [0.25, 0.3) is 0 Å². The Morgan fingerprint density at radius 3 is 2.00 bits per heavy atom. The van der Waals surface area contributed by atoms with Gasteiger partial charge in [-0.2, -0.15) is 0 Å². The quantitative estimate of drug-likeness (QED) is 0.511. The highest BCUT2D eigenvalue weighted by molar-refractivity contribution is 6.02. The molecular weight excluding hydrogens is 324 g/mol. The van der Waals surface area contributed by atoms with Crippen LogP contribution in [0.4, 0.5) is 0 Å². The number of benzene rings is 2. The second-order valence-electron chi connectivity index (χ2n) is 7.07. The van der Waals surface area contributed by atoms with Gasteiger partial charge in [0.2, 0.25) is 5.78 Å². The highest BCUT2D eigenvalue weighted by Crippen LogP contribution is 2.23. The number of Topliss-reactive ketones (excluding diaryl/α,β-unsaturated/α-hetero) is 1. The molecule has 0 amide bonds. The Kier molecular flexibility index (Phi) is 6.36. The second kappa shape index (κ2) is 8.31. The van der Waals surface area contributed by atoms with E-state index in [1.54, 1.807) is 12.1 Å². The monoisotopic (exact) mass is 352 g/mol. The zero-order chi connectivity index (χ0) is 19.4. The Morgan fingerprint density at radius 2 is 1.50 bits per heavy atom. The van der Waals surface area contributed by atoms with Crippen LogP contribution in [-0.4, -0.2) is 18.4 Å². The highest BCUT2D eigenvalue weighted by atomic mass is 16.5. The number of ketones is 1. The molecule has 26 heavy (non-hydrogen) atoms. The Bertz CT molecular complexity index is 790. The largest absolute Gasteiger partial charge is 0.454 e. The van der Waals surface area contributed by atoms with Gasteiger partial charge in [0, 0.05) is 5.56 Å². The minimum atomic E-state index is -0.464. The van der Waals surface area contributed by atoms with Gasteiger partial charge in [0.05, 0.1) is 5.56 Å². The number of ether oxygens (including phenoxy) is 1. The zero-order valence-electron chi connectivity index (χ0n) is 16.6. The van der Waals surface area contributed by atoms with Crippen molar-refractivity contribution < 1.29 is 14.3 Å². The van der Waals surface area contributed by atoms with Crippen molar-refractivity contribution in [2.45, 2.75) is 53.9 Å². The van der Waals surface area contributed by atoms with Crippen molar-refractivity contribution in [1.82, 2.24) is 0 Å². The lowest BCUT2D eigenvalue weighted by atomic mass is 9.92. The minimum Gasteiger partial charge on any atom is -0.454 e. The fraction of sp³-hybridized carbons (Fsp3) is 0.391. The van der Waals surface area contributed by atoms with Crippen LogP contribution in [0, 0.1) is 27.7 Å². The Balaban J connectivity index is 2.09. The van der Waals surface area contributed by atoms with E-state index in [9.17, 15) is 9.59 Å². The molecule has 0 heterocycles. The zero-order valence-corrected chi connectivity index (χ0v) is 16.6. The fourth-order valence-electron chi connectivity index (χ4n) is 3.11. The predicted molar refractivity (Wildman–Crippen MR) is 105 cm³/mol. The third-order valence-electron chi connectivity index (χ3n) is 5.31. The Hall–Kier alpha value is -2.42. The molecule has 3 nitrogen and oxygen atoms in total. The summed E-state index contributed by atoms with van der Waals surface area (Å²) in [5.74, 6) is -0.165. The van der Waals surface area contributed by atoms with E-state index in [1.165, 1.54) is 5.56 Å². The Morgan fingerprint density at radius 1 is 0.962 bits per heavy atom. The maximum atomic E-state index is 12.6. The average molecular weight is 352 g/mol. The maximum Gasteiger partial charge on any atom is 0.338 e. The van der Waals surface area contributed by atoms with Crippen molar-refractivity contribution in [3.8, 4) is 0 Å². The standard InChI is InChI=1S/C23H28O3/c1-7-14(2)19-8-10-20(11-9-19)23(25)26-13-21(24)22-17(5)15(3)12-16(4)18(22)6/h8-12,14H,7,13H2,1-6H3. The molecule has 0 aliphatic carbocycles. The van der Waals surface area contributed by atoms with Crippen molar-refractivity contribution in [2.24, 2.45) is 0 Å². The molecule has 1 atom stereocenters. The molecular formula is C23H28O3. The summed E-state index contributed by atoms with van der Waals surface area (Å²) in [7, 11) is 0. The fourth-order valence-corrected chi connectivity index (χ4v) is 3.11. The van der Waals surface area contributed by atoms with E-state index >= 15 is 0 Å². The first-order chi connectivity index (χ1) is 12.3. The van der Waals surface area contributed by atoms with Crippen LogP contribution in [0.3, 0.4) is 0 Å². The highest BCUT2D eigenvalue weighted by Gasteiger charge is 2.18. The van der Waals surface area contributed by atoms with Gasteiger partial charge < -0.3 is 4.74 Å². The summed E-state index contributed by atoms with van der Waals surface area (Å²) in [6.07, 6.45) is 1.05. The number of carbonyl (C=O) groups excluding carboxylic acids is 2. The van der Waals surface area contributed by atoms with Crippen LogP contribution in [0.15, 0.2) is 30.3 Å². The van der Waals surface area contributed by atoms with Gasteiger partial charge in [-0.05, 0) is 80.0 Å². The molecule has 0 bridgehead atoms. The van der Waals surface area contributed by atoms with Gasteiger partial charge in [0.1, 0.15) is 0 Å². The van der Waals surface area contributed by atoms with Gasteiger partial charge >= 0.3 is 5.97 Å². The second-order valence-corrected chi connectivity index (χ2v) is 7.07. The first-order valence-electron chi connectivity index (χ1n) is 9.13. The summed E-state index contributed by atoms with van der Waals surface area (Å²) < 4.78 is 5.27. The maximum absolute atomic E-state index is 12.6. The number of esters is 1. The first-order valence-corrected chi connectivity index (χ1v) is 9.13. The normalized spacial score (nSPS) is 11.9. The van der Waals surface area contributed by atoms with Crippen molar-refractivity contribution in [3.05, 3.63) is 69.3 Å². The molecule has 2 aromatic carbocycles. The van der Waals surface area contributed by atoms with E-state index in [0.29, 0.717) is 17.0 Å². The molecule has 0 radical (unpaired) electrons. The molecule has 1 unspecified atom stereocenters. The first kappa shape index (κ1) is 19.9. The smallest absolute Gasteiger partial charge is 0.338 e. The summed E-state index contributed by atoms with van der Waals surface area (Å²) in [6.45, 7) is 11.9. The molecule has 0 saturated heterocycles. The van der Waals surface area contributed by atoms with E-state index < -0.39 is 5.97 Å². The lowest BCUT2D eigenvalue weighted by molar-refractivity contribution is 0.0474. The molecule has 0 aliphatic rings. The molecule has 2 aromatic rings. The Labute approximate surface area is 156 Å². The molecule has 0 N–H and O–H groups in total. The number of rotatable bonds is 6. The summed E-state index contributed by atoms with van der Waals surface area (Å²) in [5.41, 5.74) is 6.38. The summed E-state index contributed by atoms with van der Waals surface area (Å²) in [5, 5.41) is 0. The third kappa shape index (κ3) is 4.21. The molecule has 0 saturated carbocycles. The van der Waals surface area contributed by atoms with Gasteiger partial charge in [-0.15, -0.1) is 0 Å². The molecule has 3 heteroatoms. The van der Waals surface area contributed by atoms with Crippen molar-refractivity contribution in [2.75, 3.05) is 6.61 Å². The number of aryl methyl sites for hydroxylation is 2. The van der Waals surface area contributed by atoms with Crippen LogP contribution in [0.5, 0.6) is 0 Å². The number of hydrogen-bond acceptors (Lipinski definition) is 3. The van der Waals surface area contributed by atoms with Gasteiger partial charge in [0.25, 0.3) is 0 Å². The van der Waals surface area contributed by atoms with Gasteiger partial charge in [-0.3, -0.25) is 4.79 Å². The topological polar surface area (TPSA) is 43.4 Å². The average Bonchev–Trinajstić information content (AvgIpc) is 2.64. The predicted octanol–water partition coefficient (Wildman–Crippen LogP) is 5.47. The van der Waals surface area contributed by atoms with Crippen molar-refractivity contribution in [1.29, 1.82) is 0 Å². The minimum absolute atomic E-state index is 0.156. The SMILES string of the molecule is CCC(C)c1ccc(C(=O)OCC(=O)c2c(C)c(C)cc(C)c2C)cc1. The van der Waals surface area contributed by atoms with Crippen LogP contribution in [-0.2, 0) is 4.74 Å². The van der Waals surface area contributed by atoms with E-state index in [4.69, 9.17) is 4.74 Å². The van der Waals surface area contributed by atoms with Gasteiger partial charge in [0.15, 0.2) is 6.61 Å². The summed E-state index contributed by atoms with van der Waals surface area (Å²) in [4.78, 5) is 24.9. The van der Waals surface area contributed by atoms with Crippen molar-refractivity contribution in [3.63, 3.8) is 0 Å². The van der Waals surface area contributed by atoms with Crippen LogP contribution in [0.1, 0.15) is 74.7 Å². The van der Waals surface area contributed by atoms with Crippen molar-refractivity contribution >= 4 is 11.8 Å².